The Labute approximate surface area is 202 Å². The monoisotopic (exact) mass is 500 g/mol. The van der Waals surface area contributed by atoms with Crippen LogP contribution >= 0.6 is 23.2 Å². The van der Waals surface area contributed by atoms with Crippen LogP contribution in [0.15, 0.2) is 74.9 Å². The molecule has 0 saturated heterocycles. The van der Waals surface area contributed by atoms with Crippen molar-refractivity contribution in [2.24, 2.45) is 0 Å². The van der Waals surface area contributed by atoms with Crippen LogP contribution in [0.3, 0.4) is 0 Å². The normalized spacial score (nSPS) is 10.9. The first kappa shape index (κ1) is 23.3. The van der Waals surface area contributed by atoms with Crippen molar-refractivity contribution in [3.05, 3.63) is 97.5 Å². The molecule has 0 aliphatic rings. The first-order valence-electron chi connectivity index (χ1n) is 10.1. The van der Waals surface area contributed by atoms with Gasteiger partial charge in [-0.25, -0.2) is 4.79 Å². The zero-order valence-corrected chi connectivity index (χ0v) is 19.1. The highest BCUT2D eigenvalue weighted by atomic mass is 35.5. The van der Waals surface area contributed by atoms with Crippen LogP contribution in [-0.2, 0) is 29.2 Å². The van der Waals surface area contributed by atoms with Crippen molar-refractivity contribution in [3.63, 3.8) is 0 Å². The quantitative estimate of drug-likeness (QED) is 0.404. The Balaban J connectivity index is 1.63. The van der Waals surface area contributed by atoms with Crippen LogP contribution in [-0.4, -0.2) is 20.9 Å². The smallest absolute Gasteiger partial charge is 0.332 e. The zero-order chi connectivity index (χ0) is 24.2. The molecule has 0 aliphatic heterocycles. The van der Waals surface area contributed by atoms with Crippen molar-refractivity contribution >= 4 is 51.6 Å². The van der Waals surface area contributed by atoms with E-state index in [-0.39, 0.29) is 17.4 Å². The topological polar surface area (TPSA) is 115 Å². The number of rotatable bonds is 7. The summed E-state index contributed by atoms with van der Waals surface area (Å²) in [5.41, 5.74) is -0.808. The van der Waals surface area contributed by atoms with Gasteiger partial charge in [0.1, 0.15) is 18.8 Å². The number of hydrogen-bond donors (Lipinski definition) is 2. The summed E-state index contributed by atoms with van der Waals surface area (Å²) in [6.45, 7) is -0.820. The number of carbonyl (C=O) groups is 2. The minimum absolute atomic E-state index is 0.104. The molecule has 2 aromatic heterocycles. The minimum Gasteiger partial charge on any atom is -0.467 e. The van der Waals surface area contributed by atoms with Crippen LogP contribution < -0.4 is 21.9 Å². The maximum atomic E-state index is 13.2. The van der Waals surface area contributed by atoms with Gasteiger partial charge in [-0.1, -0.05) is 35.3 Å². The van der Waals surface area contributed by atoms with E-state index in [1.807, 2.05) is 0 Å². The molecule has 0 saturated carbocycles. The van der Waals surface area contributed by atoms with E-state index in [4.69, 9.17) is 27.6 Å². The van der Waals surface area contributed by atoms with Gasteiger partial charge in [0, 0.05) is 15.7 Å². The van der Waals surface area contributed by atoms with E-state index in [0.29, 0.717) is 21.5 Å². The highest BCUT2D eigenvalue weighted by Crippen LogP contribution is 2.22. The standard InChI is InChI=1S/C23H18Cl2N4O5/c24-14-8-15(25)10-16(9-14)27-21(31)13-28-19-6-2-1-5-18(19)22(32)29(23(28)33)12-20(30)26-11-17-4-3-7-34-17/h1-10H,11-13H2,(H,26,30)(H,27,31). The van der Waals surface area contributed by atoms with Crippen LogP contribution in [0.4, 0.5) is 5.69 Å². The molecule has 0 fully saturated rings. The fraction of sp³-hybridized carbons (Fsp3) is 0.130. The Bertz CT molecular complexity index is 1470. The second-order valence-electron chi connectivity index (χ2n) is 7.34. The third kappa shape index (κ3) is 5.22. The molecule has 0 aliphatic carbocycles. The Hall–Kier alpha value is -3.82. The third-order valence-corrected chi connectivity index (χ3v) is 5.36. The number of nitrogens with one attached hydrogen (secondary N) is 2. The second-order valence-corrected chi connectivity index (χ2v) is 8.21. The molecule has 2 amide bonds. The summed E-state index contributed by atoms with van der Waals surface area (Å²) in [5, 5.41) is 6.08. The molecule has 0 bridgehead atoms. The highest BCUT2D eigenvalue weighted by Gasteiger charge is 2.17. The molecule has 0 unspecified atom stereocenters. The number of fused-ring (bicyclic) bond motifs is 1. The highest BCUT2D eigenvalue weighted by molar-refractivity contribution is 6.35. The summed E-state index contributed by atoms with van der Waals surface area (Å²) in [5.74, 6) is -0.581. The van der Waals surface area contributed by atoms with Gasteiger partial charge in [0.15, 0.2) is 0 Å². The van der Waals surface area contributed by atoms with Crippen molar-refractivity contribution in [3.8, 4) is 0 Å². The minimum atomic E-state index is -0.795. The number of benzene rings is 2. The van der Waals surface area contributed by atoms with Gasteiger partial charge in [0.2, 0.25) is 11.8 Å². The zero-order valence-electron chi connectivity index (χ0n) is 17.6. The van der Waals surface area contributed by atoms with Crippen LogP contribution in [0.25, 0.3) is 10.9 Å². The molecule has 4 rings (SSSR count). The first-order valence-corrected chi connectivity index (χ1v) is 10.8. The van der Waals surface area contributed by atoms with E-state index in [2.05, 4.69) is 10.6 Å². The Kier molecular flexibility index (Phi) is 6.85. The third-order valence-electron chi connectivity index (χ3n) is 4.92. The van der Waals surface area contributed by atoms with E-state index in [1.165, 1.54) is 30.5 Å². The fourth-order valence-corrected chi connectivity index (χ4v) is 3.96. The van der Waals surface area contributed by atoms with E-state index < -0.39 is 36.2 Å². The van der Waals surface area contributed by atoms with Crippen LogP contribution in [0.2, 0.25) is 10.0 Å². The van der Waals surface area contributed by atoms with Gasteiger partial charge >= 0.3 is 5.69 Å². The number of amides is 2. The first-order chi connectivity index (χ1) is 16.3. The van der Waals surface area contributed by atoms with Gasteiger partial charge < -0.3 is 15.1 Å². The maximum Gasteiger partial charge on any atom is 0.332 e. The molecule has 11 heteroatoms. The van der Waals surface area contributed by atoms with Gasteiger partial charge in [-0.3, -0.25) is 23.5 Å². The van der Waals surface area contributed by atoms with E-state index in [0.717, 1.165) is 9.13 Å². The SMILES string of the molecule is O=C(Cn1c(=O)c2ccccc2n(CC(=O)Nc2cc(Cl)cc(Cl)c2)c1=O)NCc1ccco1. The summed E-state index contributed by atoms with van der Waals surface area (Å²) in [7, 11) is 0. The Morgan fingerprint density at radius 1 is 0.882 bits per heavy atom. The lowest BCUT2D eigenvalue weighted by atomic mass is 10.2. The number of halogens is 2. The Morgan fingerprint density at radius 2 is 1.59 bits per heavy atom. The van der Waals surface area contributed by atoms with Crippen molar-refractivity contribution in [2.45, 2.75) is 19.6 Å². The number of carbonyl (C=O) groups excluding carboxylic acids is 2. The molecule has 0 atom stereocenters. The van der Waals surface area contributed by atoms with E-state index in [9.17, 15) is 19.2 Å². The molecule has 2 aromatic carbocycles. The van der Waals surface area contributed by atoms with Crippen molar-refractivity contribution in [2.75, 3.05) is 5.32 Å². The lowest BCUT2D eigenvalue weighted by Crippen LogP contribution is -2.44. The molecule has 174 valence electrons. The average molecular weight is 501 g/mol. The molecule has 0 radical (unpaired) electrons. The summed E-state index contributed by atoms with van der Waals surface area (Å²) >= 11 is 11.9. The van der Waals surface area contributed by atoms with Crippen molar-refractivity contribution in [1.29, 1.82) is 0 Å². The molecule has 0 spiro atoms. The maximum absolute atomic E-state index is 13.2. The van der Waals surface area contributed by atoms with E-state index in [1.54, 1.807) is 30.3 Å². The van der Waals surface area contributed by atoms with Gasteiger partial charge in [-0.15, -0.1) is 0 Å². The molecular formula is C23H18Cl2N4O5. The van der Waals surface area contributed by atoms with Gasteiger partial charge in [0.25, 0.3) is 5.56 Å². The van der Waals surface area contributed by atoms with Crippen molar-refractivity contribution < 1.29 is 14.0 Å². The van der Waals surface area contributed by atoms with Crippen molar-refractivity contribution in [1.82, 2.24) is 14.5 Å². The van der Waals surface area contributed by atoms with Crippen LogP contribution in [0.5, 0.6) is 0 Å². The molecule has 34 heavy (non-hydrogen) atoms. The largest absolute Gasteiger partial charge is 0.467 e. The van der Waals surface area contributed by atoms with Crippen LogP contribution in [0, 0.1) is 0 Å². The molecule has 4 aromatic rings. The predicted molar refractivity (Wildman–Crippen MR) is 128 cm³/mol. The summed E-state index contributed by atoms with van der Waals surface area (Å²) in [4.78, 5) is 51.3. The lowest BCUT2D eigenvalue weighted by molar-refractivity contribution is -0.122. The molecule has 2 N–H and O–H groups in total. The number of para-hydroxylation sites is 1. The summed E-state index contributed by atoms with van der Waals surface area (Å²) in [6.07, 6.45) is 1.47. The molecular weight excluding hydrogens is 483 g/mol. The fourth-order valence-electron chi connectivity index (χ4n) is 3.43. The number of anilines is 1. The lowest BCUT2D eigenvalue weighted by Gasteiger charge is -2.14. The summed E-state index contributed by atoms with van der Waals surface area (Å²) < 4.78 is 7.09. The van der Waals surface area contributed by atoms with Gasteiger partial charge in [0.05, 0.1) is 23.7 Å². The number of aromatic nitrogens is 2. The number of nitrogens with zero attached hydrogens (tertiary/aromatic N) is 2. The van der Waals surface area contributed by atoms with Gasteiger partial charge in [-0.2, -0.15) is 0 Å². The summed E-state index contributed by atoms with van der Waals surface area (Å²) in [6, 6.07) is 14.3. The van der Waals surface area contributed by atoms with Crippen LogP contribution in [0.1, 0.15) is 5.76 Å². The number of hydrogen-bond acceptors (Lipinski definition) is 5. The average Bonchev–Trinajstić information content (AvgIpc) is 3.31. The molecule has 9 nitrogen and oxygen atoms in total. The van der Waals surface area contributed by atoms with E-state index >= 15 is 0 Å². The van der Waals surface area contributed by atoms with Gasteiger partial charge in [-0.05, 0) is 42.5 Å². The second kappa shape index (κ2) is 9.98. The Morgan fingerprint density at radius 3 is 2.29 bits per heavy atom. The number of furan rings is 1. The molecule has 2 heterocycles. The predicted octanol–water partition coefficient (Wildman–Crippen LogP) is 3.02.